The van der Waals surface area contributed by atoms with Crippen LogP contribution in [-0.2, 0) is 26.1 Å². The minimum atomic E-state index is -4.48. The number of aromatic nitrogens is 2. The molecule has 0 saturated carbocycles. The third-order valence-electron chi connectivity index (χ3n) is 7.02. The van der Waals surface area contributed by atoms with Gasteiger partial charge in [-0.1, -0.05) is 5.92 Å². The molecular formula is C28H34F3N5O5S2. The molecule has 3 aromatic rings. The van der Waals surface area contributed by atoms with Crippen LogP contribution in [-0.4, -0.2) is 94.9 Å². The maximum Gasteiger partial charge on any atom is 0.394 e. The molecule has 234 valence electrons. The maximum atomic E-state index is 13.6. The van der Waals surface area contributed by atoms with Gasteiger partial charge in [-0.3, -0.25) is 0 Å². The highest BCUT2D eigenvalue weighted by atomic mass is 32.2. The van der Waals surface area contributed by atoms with Crippen molar-refractivity contribution >= 4 is 36.7 Å². The van der Waals surface area contributed by atoms with Gasteiger partial charge in [0.1, 0.15) is 21.3 Å². The van der Waals surface area contributed by atoms with E-state index in [1.165, 1.54) is 42.2 Å². The lowest BCUT2D eigenvalue weighted by Crippen LogP contribution is -2.41. The van der Waals surface area contributed by atoms with Crippen molar-refractivity contribution in [1.82, 2.24) is 14.3 Å². The van der Waals surface area contributed by atoms with Gasteiger partial charge >= 0.3 is 6.18 Å². The first-order valence-electron chi connectivity index (χ1n) is 13.5. The number of halogens is 3. The number of methoxy groups -OCH3 is 1. The molecule has 10 nitrogen and oxygen atoms in total. The lowest BCUT2D eigenvalue weighted by molar-refractivity contribution is -0.128. The Hall–Kier alpha value is -3.48. The summed E-state index contributed by atoms with van der Waals surface area (Å²) in [7, 11) is -5.09. The van der Waals surface area contributed by atoms with Crippen LogP contribution in [0.5, 0.6) is 5.75 Å². The van der Waals surface area contributed by atoms with Gasteiger partial charge in [0.25, 0.3) is 0 Å². The van der Waals surface area contributed by atoms with Crippen molar-refractivity contribution < 1.29 is 34.7 Å². The van der Waals surface area contributed by atoms with E-state index in [0.717, 1.165) is 19.1 Å². The quantitative estimate of drug-likeness (QED) is 0.322. The highest BCUT2D eigenvalue weighted by molar-refractivity contribution is 7.91. The number of imidazole rings is 1. The molecule has 1 aliphatic heterocycles. The third-order valence-corrected chi connectivity index (χ3v) is 9.05. The van der Waals surface area contributed by atoms with Crippen molar-refractivity contribution in [2.75, 3.05) is 62.2 Å². The Kier molecular flexibility index (Phi) is 9.83. The molecule has 0 atom stereocenters. The van der Waals surface area contributed by atoms with Crippen LogP contribution in [0.25, 0.3) is 5.65 Å². The zero-order chi connectivity index (χ0) is 31.4. The highest BCUT2D eigenvalue weighted by Gasteiger charge is 2.32. The number of rotatable bonds is 10. The van der Waals surface area contributed by atoms with E-state index in [4.69, 9.17) is 4.74 Å². The number of anilines is 2. The molecule has 3 heterocycles. The predicted octanol–water partition coefficient (Wildman–Crippen LogP) is 3.24. The number of fused-ring (bicyclic) bond motifs is 1. The number of hydrogen-bond donors (Lipinski definition) is 2. The summed E-state index contributed by atoms with van der Waals surface area (Å²) in [5, 5.41) is 6.41. The van der Waals surface area contributed by atoms with Gasteiger partial charge < -0.3 is 24.7 Å². The fraction of sp³-hybridized carbons (Fsp3) is 0.464. The van der Waals surface area contributed by atoms with Gasteiger partial charge in [-0.25, -0.2) is 21.8 Å². The molecule has 2 aromatic heterocycles. The second kappa shape index (κ2) is 13.0. The number of alkyl halides is 3. The van der Waals surface area contributed by atoms with Crippen LogP contribution in [0.4, 0.5) is 24.5 Å². The molecule has 43 heavy (non-hydrogen) atoms. The Bertz CT molecular complexity index is 1740. The Balaban J connectivity index is 1.52. The first kappa shape index (κ1) is 32.4. The van der Waals surface area contributed by atoms with Crippen molar-refractivity contribution in [1.29, 1.82) is 0 Å². The third kappa shape index (κ3) is 9.01. The van der Waals surface area contributed by atoms with Crippen LogP contribution >= 0.6 is 0 Å². The summed E-state index contributed by atoms with van der Waals surface area (Å²) >= 11 is 0. The molecule has 1 aliphatic rings. The van der Waals surface area contributed by atoms with Crippen LogP contribution in [0.3, 0.4) is 0 Å². The zero-order valence-corrected chi connectivity index (χ0v) is 25.7. The van der Waals surface area contributed by atoms with E-state index in [2.05, 4.69) is 32.4 Å². The van der Waals surface area contributed by atoms with Crippen LogP contribution in [0, 0.1) is 11.8 Å². The summed E-state index contributed by atoms with van der Waals surface area (Å²) in [5.74, 6) is 5.97. The normalized spacial score (nSPS) is 15.2. The van der Waals surface area contributed by atoms with Gasteiger partial charge in [0.15, 0.2) is 15.5 Å². The smallest absolute Gasteiger partial charge is 0.394 e. The number of likely N-dealkylation sites (tertiary alicyclic amines) is 1. The number of nitrogens with one attached hydrogen (secondary N) is 2. The lowest BCUT2D eigenvalue weighted by Gasteiger charge is -2.32. The standard InChI is InChI=1S/C28H34F3N5O5S2/c1-41-26-18-21(43(3,39)40)8-9-23(26)32-12-4-6-22-25(19-28(29,30)31)36-13-5-7-24(27(36)34-22)33-20-10-14-35(15-11-20)16-17-42(2,37)38/h5,7-9,13,18,20,32-33H,10-12,14-17,19H2,1-3H3. The summed E-state index contributed by atoms with van der Waals surface area (Å²) < 4.78 is 94.0. The average Bonchev–Trinajstić information content (AvgIpc) is 3.26. The van der Waals surface area contributed by atoms with Gasteiger partial charge in [0.2, 0.25) is 0 Å². The molecule has 0 amide bonds. The van der Waals surface area contributed by atoms with Gasteiger partial charge in [0, 0.05) is 50.5 Å². The van der Waals surface area contributed by atoms with Crippen LogP contribution in [0.2, 0.25) is 0 Å². The van der Waals surface area contributed by atoms with E-state index in [-0.39, 0.29) is 40.4 Å². The Morgan fingerprint density at radius 1 is 1.09 bits per heavy atom. The minimum absolute atomic E-state index is 0.00311. The van der Waals surface area contributed by atoms with Crippen molar-refractivity contribution in [2.24, 2.45) is 0 Å². The fourth-order valence-corrected chi connectivity index (χ4v) is 6.05. The molecule has 2 N–H and O–H groups in total. The van der Waals surface area contributed by atoms with E-state index in [1.807, 2.05) is 0 Å². The largest absolute Gasteiger partial charge is 0.495 e. The van der Waals surface area contributed by atoms with E-state index < -0.39 is 32.3 Å². The first-order valence-corrected chi connectivity index (χ1v) is 17.4. The molecule has 1 aromatic carbocycles. The second-order valence-electron chi connectivity index (χ2n) is 10.5. The van der Waals surface area contributed by atoms with Gasteiger partial charge in [-0.05, 0) is 43.0 Å². The summed E-state index contributed by atoms with van der Waals surface area (Å²) in [4.78, 5) is 6.66. The van der Waals surface area contributed by atoms with E-state index in [9.17, 15) is 30.0 Å². The summed E-state index contributed by atoms with van der Waals surface area (Å²) in [5.41, 5.74) is 1.31. The second-order valence-corrected chi connectivity index (χ2v) is 14.8. The molecular weight excluding hydrogens is 607 g/mol. The molecule has 0 aliphatic carbocycles. The summed E-state index contributed by atoms with van der Waals surface area (Å²) in [6.45, 7) is 1.92. The molecule has 15 heteroatoms. The number of hydrogen-bond acceptors (Lipinski definition) is 9. The number of sulfone groups is 2. The molecule has 1 fully saturated rings. The van der Waals surface area contributed by atoms with Crippen LogP contribution < -0.4 is 15.4 Å². The number of pyridine rings is 1. The first-order chi connectivity index (χ1) is 20.1. The Morgan fingerprint density at radius 2 is 1.81 bits per heavy atom. The summed E-state index contributed by atoms with van der Waals surface area (Å²) in [6.07, 6.45) is -0.382. The van der Waals surface area contributed by atoms with Crippen molar-refractivity contribution in [3.05, 3.63) is 47.9 Å². The van der Waals surface area contributed by atoms with Crippen molar-refractivity contribution in [3.63, 3.8) is 0 Å². The van der Waals surface area contributed by atoms with Gasteiger partial charge in [0.05, 0.1) is 47.8 Å². The van der Waals surface area contributed by atoms with E-state index >= 15 is 0 Å². The van der Waals surface area contributed by atoms with Crippen molar-refractivity contribution in [2.45, 2.75) is 36.4 Å². The maximum absolute atomic E-state index is 13.6. The number of ether oxygens (including phenoxy) is 1. The van der Waals surface area contributed by atoms with Crippen molar-refractivity contribution in [3.8, 4) is 17.6 Å². The minimum Gasteiger partial charge on any atom is -0.495 e. The molecule has 1 saturated heterocycles. The molecule has 0 unspecified atom stereocenters. The highest BCUT2D eigenvalue weighted by Crippen LogP contribution is 2.29. The van der Waals surface area contributed by atoms with E-state index in [0.29, 0.717) is 36.7 Å². The van der Waals surface area contributed by atoms with Gasteiger partial charge in [-0.2, -0.15) is 13.2 Å². The zero-order valence-electron chi connectivity index (χ0n) is 24.0. The monoisotopic (exact) mass is 641 g/mol. The average molecular weight is 642 g/mol. The number of nitrogens with zero attached hydrogens (tertiary/aromatic N) is 3. The molecule has 0 radical (unpaired) electrons. The Labute approximate surface area is 249 Å². The Morgan fingerprint density at radius 3 is 2.44 bits per heavy atom. The lowest BCUT2D eigenvalue weighted by atomic mass is 10.0. The molecule has 0 spiro atoms. The fourth-order valence-electron chi connectivity index (χ4n) is 4.82. The SMILES string of the molecule is COc1cc(S(C)(=O)=O)ccc1NCC#Cc1nc2c(NC3CCN(CCS(C)(=O)=O)CC3)cccn2c1CC(F)(F)F. The predicted molar refractivity (Wildman–Crippen MR) is 159 cm³/mol. The number of benzene rings is 1. The molecule has 4 rings (SSSR count). The topological polar surface area (TPSA) is 122 Å². The number of piperidine rings is 1. The molecule has 0 bridgehead atoms. The van der Waals surface area contributed by atoms with Crippen LogP contribution in [0.15, 0.2) is 41.4 Å². The van der Waals surface area contributed by atoms with Crippen LogP contribution in [0.1, 0.15) is 24.2 Å². The summed E-state index contributed by atoms with van der Waals surface area (Å²) in [6, 6.07) is 7.80. The van der Waals surface area contributed by atoms with E-state index in [1.54, 1.807) is 12.1 Å². The van der Waals surface area contributed by atoms with Gasteiger partial charge in [-0.15, -0.1) is 0 Å².